The van der Waals surface area contributed by atoms with Crippen LogP contribution < -0.4 is 9.64 Å². The largest absolute Gasteiger partial charge is 0.503 e. The molecular formula is C23H21Br2N3O5S. The predicted molar refractivity (Wildman–Crippen MR) is 138 cm³/mol. The number of para-hydroxylation sites is 1. The number of rotatable bonds is 5. The van der Waals surface area contributed by atoms with E-state index in [0.717, 1.165) is 22.3 Å². The molecule has 2 aliphatic heterocycles. The van der Waals surface area contributed by atoms with Gasteiger partial charge in [0.05, 0.1) is 16.5 Å². The van der Waals surface area contributed by atoms with Gasteiger partial charge in [-0.3, -0.25) is 19.3 Å². The lowest BCUT2D eigenvalue weighted by Crippen LogP contribution is -2.51. The van der Waals surface area contributed by atoms with Crippen molar-refractivity contribution in [3.05, 3.63) is 55.8 Å². The average Bonchev–Trinajstić information content (AvgIpc) is 3.12. The second-order valence-electron chi connectivity index (χ2n) is 7.62. The number of piperazine rings is 1. The molecule has 0 aromatic heterocycles. The summed E-state index contributed by atoms with van der Waals surface area (Å²) < 4.78 is 6.03. The van der Waals surface area contributed by atoms with E-state index < -0.39 is 11.1 Å². The number of phenols is 1. The number of hydrogen-bond donors (Lipinski definition) is 1. The van der Waals surface area contributed by atoms with Crippen LogP contribution in [-0.4, -0.2) is 71.8 Å². The van der Waals surface area contributed by atoms with E-state index in [9.17, 15) is 19.5 Å². The molecule has 178 valence electrons. The maximum absolute atomic E-state index is 12.9. The molecule has 0 atom stereocenters. The third-order valence-electron chi connectivity index (χ3n) is 5.60. The van der Waals surface area contributed by atoms with Crippen LogP contribution in [0.3, 0.4) is 0 Å². The number of thioether (sulfide) groups is 1. The number of phenolic OH excluding ortho intramolecular Hbond substituents is 1. The average molecular weight is 611 g/mol. The van der Waals surface area contributed by atoms with E-state index in [1.807, 2.05) is 30.3 Å². The molecule has 11 heteroatoms. The van der Waals surface area contributed by atoms with Crippen LogP contribution in [0, 0.1) is 0 Å². The maximum atomic E-state index is 12.9. The van der Waals surface area contributed by atoms with Crippen LogP contribution in [0.2, 0.25) is 0 Å². The minimum atomic E-state index is -0.527. The van der Waals surface area contributed by atoms with Gasteiger partial charge in [0.15, 0.2) is 11.5 Å². The van der Waals surface area contributed by atoms with Crippen molar-refractivity contribution in [1.29, 1.82) is 0 Å². The van der Waals surface area contributed by atoms with Crippen molar-refractivity contribution in [1.82, 2.24) is 9.80 Å². The van der Waals surface area contributed by atoms with Gasteiger partial charge in [0, 0.05) is 36.3 Å². The molecule has 2 heterocycles. The molecule has 3 amide bonds. The van der Waals surface area contributed by atoms with Crippen molar-refractivity contribution in [2.75, 3.05) is 44.7 Å². The number of methoxy groups -OCH3 is 1. The summed E-state index contributed by atoms with van der Waals surface area (Å²) in [5.41, 5.74) is 1.64. The van der Waals surface area contributed by atoms with Crippen molar-refractivity contribution < 1.29 is 24.2 Å². The van der Waals surface area contributed by atoms with Crippen LogP contribution in [0.15, 0.2) is 50.2 Å². The van der Waals surface area contributed by atoms with E-state index >= 15 is 0 Å². The van der Waals surface area contributed by atoms with Crippen molar-refractivity contribution >= 4 is 72.4 Å². The lowest BCUT2D eigenvalue weighted by Gasteiger charge is -2.36. The first-order valence-electron chi connectivity index (χ1n) is 10.4. The molecule has 2 aliphatic rings. The molecule has 2 fully saturated rings. The van der Waals surface area contributed by atoms with Gasteiger partial charge in [-0.15, -0.1) is 0 Å². The van der Waals surface area contributed by atoms with Crippen molar-refractivity contribution in [2.45, 2.75) is 0 Å². The Labute approximate surface area is 217 Å². The van der Waals surface area contributed by atoms with Crippen LogP contribution in [0.1, 0.15) is 5.56 Å². The molecule has 0 saturated carbocycles. The fraction of sp³-hybridized carbons (Fsp3) is 0.261. The highest BCUT2D eigenvalue weighted by molar-refractivity contribution is 9.13. The molecule has 0 radical (unpaired) electrons. The highest BCUT2D eigenvalue weighted by atomic mass is 79.9. The highest BCUT2D eigenvalue weighted by Gasteiger charge is 2.37. The summed E-state index contributed by atoms with van der Waals surface area (Å²) in [6.07, 6.45) is 1.53. The molecule has 4 rings (SSSR count). The highest BCUT2D eigenvalue weighted by Crippen LogP contribution is 2.43. The van der Waals surface area contributed by atoms with E-state index in [2.05, 4.69) is 36.8 Å². The topological polar surface area (TPSA) is 90.4 Å². The first-order valence-corrected chi connectivity index (χ1v) is 12.8. The molecule has 2 aromatic rings. The van der Waals surface area contributed by atoms with Gasteiger partial charge in [-0.1, -0.05) is 18.2 Å². The molecule has 0 unspecified atom stereocenters. The van der Waals surface area contributed by atoms with Gasteiger partial charge in [-0.2, -0.15) is 0 Å². The first-order chi connectivity index (χ1) is 16.3. The number of carbonyl (C=O) groups is 3. The van der Waals surface area contributed by atoms with Gasteiger partial charge in [0.1, 0.15) is 6.54 Å². The molecular weight excluding hydrogens is 590 g/mol. The van der Waals surface area contributed by atoms with Gasteiger partial charge in [0.2, 0.25) is 5.91 Å². The minimum absolute atomic E-state index is 0.0856. The van der Waals surface area contributed by atoms with E-state index in [0.29, 0.717) is 40.7 Å². The Morgan fingerprint density at radius 3 is 2.44 bits per heavy atom. The number of benzene rings is 2. The van der Waals surface area contributed by atoms with E-state index in [1.54, 1.807) is 11.0 Å². The zero-order valence-corrected chi connectivity index (χ0v) is 22.2. The number of aromatic hydroxyl groups is 1. The summed E-state index contributed by atoms with van der Waals surface area (Å²) >= 11 is 7.43. The second kappa shape index (κ2) is 10.4. The Morgan fingerprint density at radius 2 is 1.79 bits per heavy atom. The van der Waals surface area contributed by atoms with Gasteiger partial charge in [-0.05, 0) is 73.5 Å². The third kappa shape index (κ3) is 4.96. The molecule has 0 bridgehead atoms. The van der Waals surface area contributed by atoms with Crippen LogP contribution >= 0.6 is 43.6 Å². The number of halogens is 2. The Balaban J connectivity index is 1.43. The number of imide groups is 1. The van der Waals surface area contributed by atoms with E-state index in [-0.39, 0.29) is 28.9 Å². The van der Waals surface area contributed by atoms with Crippen molar-refractivity contribution in [3.63, 3.8) is 0 Å². The molecule has 0 aliphatic carbocycles. The van der Waals surface area contributed by atoms with Crippen molar-refractivity contribution in [3.8, 4) is 11.5 Å². The van der Waals surface area contributed by atoms with Crippen LogP contribution in [0.4, 0.5) is 10.5 Å². The Kier molecular flexibility index (Phi) is 7.54. The van der Waals surface area contributed by atoms with Crippen LogP contribution in [-0.2, 0) is 9.59 Å². The zero-order valence-electron chi connectivity index (χ0n) is 18.2. The molecule has 2 aromatic carbocycles. The van der Waals surface area contributed by atoms with Crippen LogP contribution in [0.5, 0.6) is 11.5 Å². The monoisotopic (exact) mass is 609 g/mol. The Morgan fingerprint density at radius 1 is 1.12 bits per heavy atom. The summed E-state index contributed by atoms with van der Waals surface area (Å²) in [6.45, 7) is 2.12. The predicted octanol–water partition coefficient (Wildman–Crippen LogP) is 4.31. The van der Waals surface area contributed by atoms with Gasteiger partial charge >= 0.3 is 0 Å². The van der Waals surface area contributed by atoms with E-state index in [1.165, 1.54) is 13.2 Å². The lowest BCUT2D eigenvalue weighted by molar-refractivity contribution is -0.136. The number of nitrogens with zero attached hydrogens (tertiary/aromatic N) is 3. The first kappa shape index (κ1) is 24.6. The van der Waals surface area contributed by atoms with Crippen molar-refractivity contribution in [2.24, 2.45) is 0 Å². The number of hydrogen-bond acceptors (Lipinski definition) is 7. The zero-order chi connectivity index (χ0) is 24.4. The number of ether oxygens (including phenoxy) is 1. The summed E-state index contributed by atoms with van der Waals surface area (Å²) in [6, 6.07) is 11.5. The van der Waals surface area contributed by atoms with Gasteiger partial charge in [0.25, 0.3) is 11.1 Å². The third-order valence-corrected chi connectivity index (χ3v) is 8.67. The summed E-state index contributed by atoms with van der Waals surface area (Å²) in [4.78, 5) is 43.4. The molecule has 1 N–H and O–H groups in total. The standard InChI is InChI=1S/C23H21Br2N3O5S/c1-33-16-11-14(19(24)20(25)21(16)30)12-17-22(31)28(23(32)34-17)13-18(29)27-9-7-26(8-10-27)15-5-3-2-4-6-15/h2-6,11-12,30H,7-10,13H2,1H3/b17-12+. The number of amides is 3. The second-order valence-corrected chi connectivity index (χ2v) is 10.2. The smallest absolute Gasteiger partial charge is 0.294 e. The van der Waals surface area contributed by atoms with E-state index in [4.69, 9.17) is 4.74 Å². The minimum Gasteiger partial charge on any atom is -0.503 e. The molecule has 34 heavy (non-hydrogen) atoms. The quantitative estimate of drug-likeness (QED) is 0.505. The molecule has 8 nitrogen and oxygen atoms in total. The molecule has 0 spiro atoms. The summed E-state index contributed by atoms with van der Waals surface area (Å²) in [5, 5.41) is 9.61. The normalized spacial score (nSPS) is 17.6. The summed E-state index contributed by atoms with van der Waals surface area (Å²) in [7, 11) is 1.42. The number of anilines is 1. The van der Waals surface area contributed by atoms with Gasteiger partial charge in [-0.25, -0.2) is 0 Å². The molecule has 2 saturated heterocycles. The fourth-order valence-electron chi connectivity index (χ4n) is 3.74. The summed E-state index contributed by atoms with van der Waals surface area (Å²) in [5.74, 6) is -0.657. The number of carbonyl (C=O) groups excluding carboxylic acids is 3. The maximum Gasteiger partial charge on any atom is 0.294 e. The fourth-order valence-corrected chi connectivity index (χ4v) is 5.41. The van der Waals surface area contributed by atoms with Gasteiger partial charge < -0.3 is 19.6 Å². The van der Waals surface area contributed by atoms with Crippen LogP contribution in [0.25, 0.3) is 6.08 Å². The Hall–Kier alpha value is -2.50. The SMILES string of the molecule is COc1cc(/C=C2/SC(=O)N(CC(=O)N3CCN(c4ccccc4)CC3)C2=O)c(Br)c(Br)c1O. The Bertz CT molecular complexity index is 1170. The lowest BCUT2D eigenvalue weighted by atomic mass is 10.2.